The van der Waals surface area contributed by atoms with E-state index in [0.717, 1.165) is 19.1 Å². The maximum absolute atomic E-state index is 12.8. The van der Waals surface area contributed by atoms with Gasteiger partial charge < -0.3 is 9.42 Å². The lowest BCUT2D eigenvalue weighted by Crippen LogP contribution is -2.39. The molecule has 3 rings (SSSR count). The smallest absolute Gasteiger partial charge is 0.253 e. The van der Waals surface area contributed by atoms with E-state index in [0.29, 0.717) is 36.1 Å². The highest BCUT2D eigenvalue weighted by Crippen LogP contribution is 2.26. The second kappa shape index (κ2) is 7.06. The minimum absolute atomic E-state index is 0.0702. The summed E-state index contributed by atoms with van der Waals surface area (Å²) < 4.78 is 29.4. The number of carbonyl (C=O) groups is 1. The first-order valence-corrected chi connectivity index (χ1v) is 10.2. The molecule has 1 fully saturated rings. The van der Waals surface area contributed by atoms with Crippen LogP contribution in [0.15, 0.2) is 28.8 Å². The van der Waals surface area contributed by atoms with E-state index in [1.54, 1.807) is 36.1 Å². The highest BCUT2D eigenvalue weighted by Gasteiger charge is 2.28. The minimum Gasteiger partial charge on any atom is -0.340 e. The summed E-state index contributed by atoms with van der Waals surface area (Å²) in [6.07, 6.45) is 2.93. The maximum Gasteiger partial charge on any atom is 0.253 e. The lowest BCUT2D eigenvalue weighted by Gasteiger charge is -2.31. The van der Waals surface area contributed by atoms with Crippen LogP contribution in [0.3, 0.4) is 0 Å². The van der Waals surface area contributed by atoms with Crippen molar-refractivity contribution in [3.05, 3.63) is 41.5 Å². The van der Waals surface area contributed by atoms with Gasteiger partial charge in [-0.3, -0.25) is 9.10 Å². The van der Waals surface area contributed by atoms with Gasteiger partial charge in [-0.2, -0.15) is 4.98 Å². The SMILES string of the molecule is Cc1nc([C@H]2CCCN(C(=O)c3ccc(N(C)S(C)(=O)=O)cc3)C2)no1. The number of amides is 1. The topological polar surface area (TPSA) is 96.6 Å². The van der Waals surface area contributed by atoms with Crippen molar-refractivity contribution in [1.82, 2.24) is 15.0 Å². The van der Waals surface area contributed by atoms with E-state index in [1.807, 2.05) is 0 Å². The molecule has 26 heavy (non-hydrogen) atoms. The van der Waals surface area contributed by atoms with Gasteiger partial charge in [0.25, 0.3) is 5.91 Å². The van der Waals surface area contributed by atoms with Crippen LogP contribution in [0.1, 0.15) is 40.8 Å². The monoisotopic (exact) mass is 378 g/mol. The molecule has 0 bridgehead atoms. The van der Waals surface area contributed by atoms with Crippen molar-refractivity contribution >= 4 is 21.6 Å². The average molecular weight is 378 g/mol. The first-order valence-electron chi connectivity index (χ1n) is 8.39. The number of carbonyl (C=O) groups excluding carboxylic acids is 1. The fourth-order valence-electron chi connectivity index (χ4n) is 3.04. The molecule has 0 unspecified atom stereocenters. The molecule has 2 heterocycles. The number of benzene rings is 1. The standard InChI is InChI=1S/C17H22N4O4S/c1-12-18-16(19-25-12)14-5-4-10-21(11-14)17(22)13-6-8-15(9-7-13)20(2)26(3,23)24/h6-9,14H,4-5,10-11H2,1-3H3/t14-/m0/s1. The molecule has 1 aromatic carbocycles. The number of aryl methyl sites for hydroxylation is 1. The van der Waals surface area contributed by atoms with Crippen molar-refractivity contribution in [2.24, 2.45) is 0 Å². The van der Waals surface area contributed by atoms with Crippen LogP contribution in [0.4, 0.5) is 5.69 Å². The van der Waals surface area contributed by atoms with E-state index in [2.05, 4.69) is 10.1 Å². The Morgan fingerprint density at radius 2 is 2.00 bits per heavy atom. The fourth-order valence-corrected chi connectivity index (χ4v) is 3.55. The molecule has 0 aliphatic carbocycles. The molecule has 1 amide bonds. The largest absolute Gasteiger partial charge is 0.340 e. The van der Waals surface area contributed by atoms with E-state index >= 15 is 0 Å². The molecule has 1 saturated heterocycles. The van der Waals surface area contributed by atoms with E-state index in [1.165, 1.54) is 11.4 Å². The van der Waals surface area contributed by atoms with Crippen molar-refractivity contribution in [1.29, 1.82) is 0 Å². The van der Waals surface area contributed by atoms with E-state index in [9.17, 15) is 13.2 Å². The van der Waals surface area contributed by atoms with Crippen LogP contribution in [0.25, 0.3) is 0 Å². The molecule has 1 aliphatic heterocycles. The molecule has 0 saturated carbocycles. The number of hydrogen-bond acceptors (Lipinski definition) is 6. The second-order valence-electron chi connectivity index (χ2n) is 6.54. The van der Waals surface area contributed by atoms with Gasteiger partial charge in [-0.15, -0.1) is 0 Å². The highest BCUT2D eigenvalue weighted by molar-refractivity contribution is 7.92. The molecule has 8 nitrogen and oxygen atoms in total. The molecule has 1 aliphatic rings. The number of anilines is 1. The van der Waals surface area contributed by atoms with Gasteiger partial charge in [0.1, 0.15) is 0 Å². The highest BCUT2D eigenvalue weighted by atomic mass is 32.2. The zero-order valence-corrected chi connectivity index (χ0v) is 15.9. The third kappa shape index (κ3) is 3.87. The van der Waals surface area contributed by atoms with Gasteiger partial charge in [0.2, 0.25) is 15.9 Å². The van der Waals surface area contributed by atoms with Crippen LogP contribution in [-0.4, -0.2) is 55.8 Å². The Hall–Kier alpha value is -2.42. The quantitative estimate of drug-likeness (QED) is 0.805. The molecule has 1 atom stereocenters. The van der Waals surface area contributed by atoms with Crippen molar-refractivity contribution in [3.8, 4) is 0 Å². The van der Waals surface area contributed by atoms with Crippen LogP contribution in [-0.2, 0) is 10.0 Å². The molecule has 2 aromatic rings. The van der Waals surface area contributed by atoms with E-state index in [4.69, 9.17) is 4.52 Å². The van der Waals surface area contributed by atoms with Gasteiger partial charge in [0, 0.05) is 38.5 Å². The summed E-state index contributed by atoms with van der Waals surface area (Å²) in [6, 6.07) is 6.58. The second-order valence-corrected chi connectivity index (χ2v) is 8.55. The van der Waals surface area contributed by atoms with Gasteiger partial charge >= 0.3 is 0 Å². The number of aromatic nitrogens is 2. The maximum atomic E-state index is 12.8. The summed E-state index contributed by atoms with van der Waals surface area (Å²) in [5.41, 5.74) is 1.04. The molecular formula is C17H22N4O4S. The molecule has 9 heteroatoms. The van der Waals surface area contributed by atoms with Crippen LogP contribution in [0.5, 0.6) is 0 Å². The van der Waals surface area contributed by atoms with Crippen molar-refractivity contribution < 1.29 is 17.7 Å². The number of rotatable bonds is 4. The number of piperidine rings is 1. The van der Waals surface area contributed by atoms with Gasteiger partial charge in [0.05, 0.1) is 11.9 Å². The average Bonchev–Trinajstić information content (AvgIpc) is 3.06. The lowest BCUT2D eigenvalue weighted by atomic mass is 9.96. The lowest BCUT2D eigenvalue weighted by molar-refractivity contribution is 0.0703. The fraction of sp³-hybridized carbons (Fsp3) is 0.471. The summed E-state index contributed by atoms with van der Waals surface area (Å²) in [4.78, 5) is 18.9. The Balaban J connectivity index is 1.72. The molecule has 0 N–H and O–H groups in total. The van der Waals surface area contributed by atoms with Gasteiger partial charge in [0.15, 0.2) is 5.82 Å². The van der Waals surface area contributed by atoms with E-state index in [-0.39, 0.29) is 11.8 Å². The molecule has 1 aromatic heterocycles. The number of nitrogens with zero attached hydrogens (tertiary/aromatic N) is 4. The first kappa shape index (κ1) is 18.4. The summed E-state index contributed by atoms with van der Waals surface area (Å²) in [5.74, 6) is 1.16. The van der Waals surface area contributed by atoms with Crippen LogP contribution >= 0.6 is 0 Å². The summed E-state index contributed by atoms with van der Waals surface area (Å²) in [7, 11) is -1.85. The number of sulfonamides is 1. The van der Waals surface area contributed by atoms with Gasteiger partial charge in [-0.25, -0.2) is 8.42 Å². The third-order valence-electron chi connectivity index (χ3n) is 4.59. The van der Waals surface area contributed by atoms with Crippen LogP contribution < -0.4 is 4.31 Å². The summed E-state index contributed by atoms with van der Waals surface area (Å²) in [6.45, 7) is 2.97. The zero-order valence-electron chi connectivity index (χ0n) is 15.0. The van der Waals surface area contributed by atoms with Gasteiger partial charge in [-0.05, 0) is 37.1 Å². The predicted molar refractivity (Wildman–Crippen MR) is 96.6 cm³/mol. The molecule has 140 valence electrons. The molecule has 0 radical (unpaired) electrons. The van der Waals surface area contributed by atoms with Crippen molar-refractivity contribution in [2.45, 2.75) is 25.7 Å². The van der Waals surface area contributed by atoms with Crippen molar-refractivity contribution in [2.75, 3.05) is 30.7 Å². The van der Waals surface area contributed by atoms with Crippen molar-refractivity contribution in [3.63, 3.8) is 0 Å². The van der Waals surface area contributed by atoms with Crippen LogP contribution in [0, 0.1) is 6.92 Å². The number of hydrogen-bond donors (Lipinski definition) is 0. The predicted octanol–water partition coefficient (Wildman–Crippen LogP) is 1.79. The Kier molecular flexibility index (Phi) is 4.99. The Morgan fingerprint density at radius 1 is 1.31 bits per heavy atom. The third-order valence-corrected chi connectivity index (χ3v) is 5.80. The number of likely N-dealkylation sites (tertiary alicyclic amines) is 1. The Labute approximate surface area is 152 Å². The van der Waals surface area contributed by atoms with E-state index < -0.39 is 10.0 Å². The molecule has 0 spiro atoms. The Bertz CT molecular complexity index is 892. The first-order chi connectivity index (χ1) is 12.3. The Morgan fingerprint density at radius 3 is 2.58 bits per heavy atom. The van der Waals surface area contributed by atoms with Crippen LogP contribution in [0.2, 0.25) is 0 Å². The molecular weight excluding hydrogens is 356 g/mol. The zero-order chi connectivity index (χ0) is 18.9. The van der Waals surface area contributed by atoms with Gasteiger partial charge in [-0.1, -0.05) is 5.16 Å². The minimum atomic E-state index is -3.33. The summed E-state index contributed by atoms with van der Waals surface area (Å²) >= 11 is 0. The normalized spacial score (nSPS) is 18.0. The summed E-state index contributed by atoms with van der Waals surface area (Å²) in [5, 5.41) is 3.97.